The van der Waals surface area contributed by atoms with Crippen molar-refractivity contribution >= 4 is 17.3 Å². The molecule has 4 nitrogen and oxygen atoms in total. The lowest BCUT2D eigenvalue weighted by atomic mass is 10.3. The molecule has 0 aromatic heterocycles. The van der Waals surface area contributed by atoms with E-state index < -0.39 is 23.9 Å². The van der Waals surface area contributed by atoms with Gasteiger partial charge in [-0.15, -0.1) is 13.2 Å². The van der Waals surface area contributed by atoms with Crippen LogP contribution in [-0.2, 0) is 4.79 Å². The zero-order chi connectivity index (χ0) is 17.7. The van der Waals surface area contributed by atoms with Crippen LogP contribution in [0.1, 0.15) is 0 Å². The van der Waals surface area contributed by atoms with E-state index in [4.69, 9.17) is 0 Å². The fraction of sp³-hybridized carbons (Fsp3) is 0.133. The average molecular weight is 346 g/mol. The van der Waals surface area contributed by atoms with Gasteiger partial charge in [-0.25, -0.2) is 8.78 Å². The zero-order valence-corrected chi connectivity index (χ0v) is 12.0. The van der Waals surface area contributed by atoms with Crippen molar-refractivity contribution < 1.29 is 31.5 Å². The Morgan fingerprint density at radius 2 is 1.58 bits per heavy atom. The van der Waals surface area contributed by atoms with Gasteiger partial charge in [0.05, 0.1) is 6.54 Å². The summed E-state index contributed by atoms with van der Waals surface area (Å²) in [6.07, 6.45) is -4.78. The van der Waals surface area contributed by atoms with Crippen LogP contribution in [0.15, 0.2) is 42.5 Å². The maximum absolute atomic E-state index is 13.0. The number of carbonyl (C=O) groups is 1. The summed E-state index contributed by atoms with van der Waals surface area (Å²) in [6.45, 7) is -0.224. The van der Waals surface area contributed by atoms with Gasteiger partial charge < -0.3 is 15.4 Å². The van der Waals surface area contributed by atoms with Crippen molar-refractivity contribution in [3.8, 4) is 5.75 Å². The molecule has 128 valence electrons. The highest BCUT2D eigenvalue weighted by Crippen LogP contribution is 2.23. The first-order chi connectivity index (χ1) is 11.2. The van der Waals surface area contributed by atoms with E-state index in [9.17, 15) is 26.7 Å². The Morgan fingerprint density at radius 1 is 0.958 bits per heavy atom. The molecule has 0 atom stereocenters. The van der Waals surface area contributed by atoms with Crippen LogP contribution >= 0.6 is 0 Å². The molecule has 2 aromatic rings. The molecule has 2 aromatic carbocycles. The predicted molar refractivity (Wildman–Crippen MR) is 76.6 cm³/mol. The molecular weight excluding hydrogens is 335 g/mol. The summed E-state index contributed by atoms with van der Waals surface area (Å²) in [5.41, 5.74) is 0.458. The molecule has 9 heteroatoms. The number of amides is 1. The Morgan fingerprint density at radius 3 is 2.17 bits per heavy atom. The third-order valence-corrected chi connectivity index (χ3v) is 2.74. The molecule has 2 rings (SSSR count). The Bertz CT molecular complexity index is 717. The lowest BCUT2D eigenvalue weighted by Gasteiger charge is -2.10. The third kappa shape index (κ3) is 5.41. The molecule has 2 N–H and O–H groups in total. The minimum atomic E-state index is -4.78. The second-order valence-corrected chi connectivity index (χ2v) is 4.60. The molecule has 0 aliphatic heterocycles. The fourth-order valence-corrected chi connectivity index (χ4v) is 1.74. The first kappa shape index (κ1) is 17.5. The van der Waals surface area contributed by atoms with Crippen LogP contribution in [0.25, 0.3) is 0 Å². The van der Waals surface area contributed by atoms with Crippen molar-refractivity contribution in [2.24, 2.45) is 0 Å². The lowest BCUT2D eigenvalue weighted by molar-refractivity contribution is -0.274. The summed E-state index contributed by atoms with van der Waals surface area (Å²) in [4.78, 5) is 11.7. The Balaban J connectivity index is 1.86. The second kappa shape index (κ2) is 7.16. The van der Waals surface area contributed by atoms with Gasteiger partial charge in [-0.2, -0.15) is 0 Å². The largest absolute Gasteiger partial charge is 0.573 e. The number of ether oxygens (including phenoxy) is 1. The van der Waals surface area contributed by atoms with E-state index in [0.29, 0.717) is 5.69 Å². The van der Waals surface area contributed by atoms with Gasteiger partial charge in [-0.05, 0) is 36.4 Å². The number of carbonyl (C=O) groups excluding carboxylic acids is 1. The van der Waals surface area contributed by atoms with Gasteiger partial charge in [0.15, 0.2) is 11.6 Å². The molecule has 0 saturated heterocycles. The van der Waals surface area contributed by atoms with Gasteiger partial charge in [-0.1, -0.05) is 0 Å². The van der Waals surface area contributed by atoms with Gasteiger partial charge in [0.2, 0.25) is 5.91 Å². The first-order valence-corrected chi connectivity index (χ1v) is 6.57. The smallest absolute Gasteiger partial charge is 0.406 e. The summed E-state index contributed by atoms with van der Waals surface area (Å²) in [5, 5.41) is 5.01. The molecular formula is C15H11F5N2O2. The van der Waals surface area contributed by atoms with Crippen LogP contribution < -0.4 is 15.4 Å². The van der Waals surface area contributed by atoms with Gasteiger partial charge >= 0.3 is 6.36 Å². The van der Waals surface area contributed by atoms with Gasteiger partial charge in [0.25, 0.3) is 0 Å². The van der Waals surface area contributed by atoms with Crippen molar-refractivity contribution in [3.63, 3.8) is 0 Å². The third-order valence-electron chi connectivity index (χ3n) is 2.74. The summed E-state index contributed by atoms with van der Waals surface area (Å²) >= 11 is 0. The van der Waals surface area contributed by atoms with Crippen molar-refractivity contribution in [1.29, 1.82) is 0 Å². The van der Waals surface area contributed by atoms with Crippen molar-refractivity contribution in [2.45, 2.75) is 6.36 Å². The SMILES string of the molecule is O=C(CNc1ccc(OC(F)(F)F)cc1)Nc1ccc(F)c(F)c1. The second-order valence-electron chi connectivity index (χ2n) is 4.60. The van der Waals surface area contributed by atoms with E-state index in [-0.39, 0.29) is 18.0 Å². The van der Waals surface area contributed by atoms with Crippen LogP contribution in [0.3, 0.4) is 0 Å². The number of alkyl halides is 3. The normalized spacial score (nSPS) is 11.0. The Labute approximate surface area is 133 Å². The van der Waals surface area contributed by atoms with Crippen LogP contribution in [-0.4, -0.2) is 18.8 Å². The maximum atomic E-state index is 13.0. The molecule has 0 aliphatic rings. The van der Waals surface area contributed by atoms with E-state index in [1.807, 2.05) is 0 Å². The van der Waals surface area contributed by atoms with Gasteiger partial charge in [-0.3, -0.25) is 4.79 Å². The minimum Gasteiger partial charge on any atom is -0.406 e. The van der Waals surface area contributed by atoms with E-state index in [1.165, 1.54) is 18.2 Å². The number of benzene rings is 2. The highest BCUT2D eigenvalue weighted by molar-refractivity contribution is 5.93. The van der Waals surface area contributed by atoms with Crippen LogP contribution in [0.5, 0.6) is 5.75 Å². The van der Waals surface area contributed by atoms with Crippen molar-refractivity contribution in [2.75, 3.05) is 17.2 Å². The number of nitrogens with one attached hydrogen (secondary N) is 2. The van der Waals surface area contributed by atoms with E-state index in [1.54, 1.807) is 0 Å². The quantitative estimate of drug-likeness (QED) is 0.807. The molecule has 0 fully saturated rings. The van der Waals surface area contributed by atoms with E-state index in [2.05, 4.69) is 15.4 Å². The fourth-order valence-electron chi connectivity index (χ4n) is 1.74. The number of hydrogen-bond acceptors (Lipinski definition) is 3. The number of halogens is 5. The van der Waals surface area contributed by atoms with Gasteiger partial charge in [0, 0.05) is 17.4 Å². The van der Waals surface area contributed by atoms with Crippen LogP contribution in [0, 0.1) is 11.6 Å². The predicted octanol–water partition coefficient (Wildman–Crippen LogP) is 3.91. The number of hydrogen-bond donors (Lipinski definition) is 2. The zero-order valence-electron chi connectivity index (χ0n) is 12.0. The van der Waals surface area contributed by atoms with Crippen LogP contribution in [0.2, 0.25) is 0 Å². The highest BCUT2D eigenvalue weighted by Gasteiger charge is 2.30. The molecule has 24 heavy (non-hydrogen) atoms. The molecule has 0 unspecified atom stereocenters. The molecule has 1 amide bonds. The monoisotopic (exact) mass is 346 g/mol. The summed E-state index contributed by atoms with van der Waals surface area (Å²) in [5.74, 6) is -3.07. The molecule has 0 radical (unpaired) electrons. The van der Waals surface area contributed by atoms with Gasteiger partial charge in [0.1, 0.15) is 5.75 Å². The summed E-state index contributed by atoms with van der Waals surface area (Å²) in [6, 6.07) is 7.66. The van der Waals surface area contributed by atoms with Crippen molar-refractivity contribution in [3.05, 3.63) is 54.1 Å². The molecule has 0 aliphatic carbocycles. The topological polar surface area (TPSA) is 50.4 Å². The van der Waals surface area contributed by atoms with Crippen LogP contribution in [0.4, 0.5) is 33.3 Å². The lowest BCUT2D eigenvalue weighted by Crippen LogP contribution is -2.22. The molecule has 0 spiro atoms. The van der Waals surface area contributed by atoms with E-state index >= 15 is 0 Å². The Kier molecular flexibility index (Phi) is 5.22. The minimum absolute atomic E-state index is 0.0784. The summed E-state index contributed by atoms with van der Waals surface area (Å²) < 4.78 is 65.5. The average Bonchev–Trinajstić information content (AvgIpc) is 2.49. The molecule has 0 heterocycles. The number of rotatable bonds is 5. The Hall–Kier alpha value is -2.84. The first-order valence-electron chi connectivity index (χ1n) is 6.57. The number of anilines is 2. The molecule has 0 bridgehead atoms. The highest BCUT2D eigenvalue weighted by atomic mass is 19.4. The molecule has 0 saturated carbocycles. The van der Waals surface area contributed by atoms with E-state index in [0.717, 1.165) is 24.3 Å². The van der Waals surface area contributed by atoms with Crippen molar-refractivity contribution in [1.82, 2.24) is 0 Å². The maximum Gasteiger partial charge on any atom is 0.573 e. The standard InChI is InChI=1S/C15H11F5N2O2/c16-12-6-3-10(7-13(12)17)22-14(23)8-21-9-1-4-11(5-2-9)24-15(18,19)20/h1-7,21H,8H2,(H,22,23). The summed E-state index contributed by atoms with van der Waals surface area (Å²) in [7, 11) is 0.